The van der Waals surface area contributed by atoms with Crippen LogP contribution >= 0.6 is 0 Å². The molecule has 1 aliphatic heterocycles. The Morgan fingerprint density at radius 2 is 1.65 bits per heavy atom. The van der Waals surface area contributed by atoms with Gasteiger partial charge in [0.25, 0.3) is 5.91 Å². The van der Waals surface area contributed by atoms with Gasteiger partial charge < -0.3 is 4.90 Å². The molecule has 3 nitrogen and oxygen atoms in total. The van der Waals surface area contributed by atoms with Crippen LogP contribution in [0.15, 0.2) is 24.3 Å². The standard InChI is InChI=1S/C20H24N2O/c23-20(22-13-6-2-1-3-7-14-22)19-15-9-4-5-11-17(15)21-18-12-8-10-16(18)19/h4-5,9,11H,1-3,6-8,10,12-14H2. The molecular formula is C20H24N2O. The summed E-state index contributed by atoms with van der Waals surface area (Å²) < 4.78 is 0. The highest BCUT2D eigenvalue weighted by atomic mass is 16.2. The zero-order valence-electron chi connectivity index (χ0n) is 13.7. The van der Waals surface area contributed by atoms with Gasteiger partial charge in [-0.3, -0.25) is 9.78 Å². The molecule has 0 unspecified atom stereocenters. The van der Waals surface area contributed by atoms with Crippen molar-refractivity contribution in [3.05, 3.63) is 41.1 Å². The van der Waals surface area contributed by atoms with Gasteiger partial charge in [0, 0.05) is 24.2 Å². The quantitative estimate of drug-likeness (QED) is 0.793. The second-order valence-corrected chi connectivity index (χ2v) is 6.84. The van der Waals surface area contributed by atoms with E-state index in [1.807, 2.05) is 18.2 Å². The Kier molecular flexibility index (Phi) is 4.02. The fourth-order valence-electron chi connectivity index (χ4n) is 4.06. The lowest BCUT2D eigenvalue weighted by molar-refractivity contribution is 0.0743. The smallest absolute Gasteiger partial charge is 0.254 e. The van der Waals surface area contributed by atoms with Gasteiger partial charge in [-0.1, -0.05) is 37.5 Å². The topological polar surface area (TPSA) is 33.2 Å². The molecule has 23 heavy (non-hydrogen) atoms. The summed E-state index contributed by atoms with van der Waals surface area (Å²) in [6.07, 6.45) is 9.23. The van der Waals surface area contributed by atoms with Crippen molar-refractivity contribution < 1.29 is 4.79 Å². The number of hydrogen-bond acceptors (Lipinski definition) is 2. The van der Waals surface area contributed by atoms with Crippen LogP contribution in [0.4, 0.5) is 0 Å². The van der Waals surface area contributed by atoms with Gasteiger partial charge in [-0.25, -0.2) is 0 Å². The molecular weight excluding hydrogens is 284 g/mol. The molecule has 4 rings (SSSR count). The summed E-state index contributed by atoms with van der Waals surface area (Å²) in [7, 11) is 0. The number of para-hydroxylation sites is 1. The van der Waals surface area contributed by atoms with Gasteiger partial charge in [0.05, 0.1) is 11.1 Å². The lowest BCUT2D eigenvalue weighted by Crippen LogP contribution is -2.34. The summed E-state index contributed by atoms with van der Waals surface area (Å²) in [5.41, 5.74) is 4.29. The van der Waals surface area contributed by atoms with Crippen LogP contribution in [0.3, 0.4) is 0 Å². The van der Waals surface area contributed by atoms with Crippen LogP contribution in [0.1, 0.15) is 60.1 Å². The van der Waals surface area contributed by atoms with Crippen LogP contribution in [0.25, 0.3) is 10.9 Å². The molecule has 0 saturated carbocycles. The molecule has 1 saturated heterocycles. The second-order valence-electron chi connectivity index (χ2n) is 6.84. The average Bonchev–Trinajstić information content (AvgIpc) is 2.99. The highest BCUT2D eigenvalue weighted by Crippen LogP contribution is 2.31. The minimum atomic E-state index is 0.239. The number of nitrogens with zero attached hydrogens (tertiary/aromatic N) is 2. The van der Waals surface area contributed by atoms with Gasteiger partial charge in [0.2, 0.25) is 0 Å². The number of likely N-dealkylation sites (tertiary alicyclic amines) is 1. The molecule has 1 aliphatic carbocycles. The van der Waals surface area contributed by atoms with Gasteiger partial charge in [-0.15, -0.1) is 0 Å². The van der Waals surface area contributed by atoms with Crippen molar-refractivity contribution in [2.75, 3.05) is 13.1 Å². The molecule has 0 N–H and O–H groups in total. The van der Waals surface area contributed by atoms with Gasteiger partial charge in [-0.05, 0) is 43.7 Å². The average molecular weight is 308 g/mol. The number of carbonyl (C=O) groups excluding carboxylic acids is 1. The number of hydrogen-bond donors (Lipinski definition) is 0. The molecule has 1 aromatic carbocycles. The molecule has 0 spiro atoms. The van der Waals surface area contributed by atoms with E-state index in [4.69, 9.17) is 4.98 Å². The van der Waals surface area contributed by atoms with E-state index < -0.39 is 0 Å². The van der Waals surface area contributed by atoms with Crippen molar-refractivity contribution in [3.63, 3.8) is 0 Å². The maximum absolute atomic E-state index is 13.3. The minimum Gasteiger partial charge on any atom is -0.339 e. The SMILES string of the molecule is O=C(c1c2c(nc3ccccc13)CCC2)N1CCCCCCC1. The number of benzene rings is 1. The van der Waals surface area contributed by atoms with Crippen LogP contribution in [-0.2, 0) is 12.8 Å². The highest BCUT2D eigenvalue weighted by molar-refractivity contribution is 6.07. The highest BCUT2D eigenvalue weighted by Gasteiger charge is 2.26. The Hall–Kier alpha value is -1.90. The molecule has 120 valence electrons. The first-order valence-corrected chi connectivity index (χ1v) is 9.04. The monoisotopic (exact) mass is 308 g/mol. The molecule has 1 aromatic heterocycles. The number of aryl methyl sites for hydroxylation is 1. The lowest BCUT2D eigenvalue weighted by Gasteiger charge is -2.26. The Morgan fingerprint density at radius 1 is 0.913 bits per heavy atom. The van der Waals surface area contributed by atoms with Gasteiger partial charge in [-0.2, -0.15) is 0 Å². The summed E-state index contributed by atoms with van der Waals surface area (Å²) >= 11 is 0. The molecule has 0 atom stereocenters. The first kappa shape index (κ1) is 14.7. The Labute approximate surface area is 137 Å². The zero-order chi connectivity index (χ0) is 15.6. The molecule has 1 fully saturated rings. The first-order valence-electron chi connectivity index (χ1n) is 9.04. The molecule has 0 bridgehead atoms. The summed E-state index contributed by atoms with van der Waals surface area (Å²) in [5, 5.41) is 1.04. The number of carbonyl (C=O) groups is 1. The number of pyridine rings is 1. The van der Waals surface area contributed by atoms with E-state index in [0.29, 0.717) is 0 Å². The third-order valence-corrected chi connectivity index (χ3v) is 5.28. The lowest BCUT2D eigenvalue weighted by atomic mass is 9.99. The maximum Gasteiger partial charge on any atom is 0.254 e. The number of rotatable bonds is 1. The van der Waals surface area contributed by atoms with E-state index in [-0.39, 0.29) is 5.91 Å². The summed E-state index contributed by atoms with van der Waals surface area (Å²) in [4.78, 5) is 20.2. The van der Waals surface area contributed by atoms with E-state index in [1.165, 1.54) is 24.8 Å². The third-order valence-electron chi connectivity index (χ3n) is 5.28. The normalized spacial score (nSPS) is 18.5. The molecule has 2 heterocycles. The van der Waals surface area contributed by atoms with E-state index >= 15 is 0 Å². The van der Waals surface area contributed by atoms with Crippen molar-refractivity contribution in [1.29, 1.82) is 0 Å². The maximum atomic E-state index is 13.3. The van der Waals surface area contributed by atoms with E-state index in [9.17, 15) is 4.79 Å². The predicted molar refractivity (Wildman–Crippen MR) is 92.8 cm³/mol. The fourth-order valence-corrected chi connectivity index (χ4v) is 4.06. The van der Waals surface area contributed by atoms with Crippen molar-refractivity contribution in [3.8, 4) is 0 Å². The Balaban J connectivity index is 1.79. The first-order chi connectivity index (χ1) is 11.3. The number of amides is 1. The van der Waals surface area contributed by atoms with Gasteiger partial charge in [0.15, 0.2) is 0 Å². The van der Waals surface area contributed by atoms with E-state index in [0.717, 1.165) is 67.4 Å². The number of fused-ring (bicyclic) bond motifs is 2. The zero-order valence-corrected chi connectivity index (χ0v) is 13.7. The van der Waals surface area contributed by atoms with Crippen LogP contribution in [0, 0.1) is 0 Å². The third kappa shape index (κ3) is 2.73. The van der Waals surface area contributed by atoms with Crippen LogP contribution < -0.4 is 0 Å². The largest absolute Gasteiger partial charge is 0.339 e. The van der Waals surface area contributed by atoms with Crippen LogP contribution in [0.2, 0.25) is 0 Å². The summed E-state index contributed by atoms with van der Waals surface area (Å²) in [5.74, 6) is 0.239. The molecule has 1 amide bonds. The molecule has 0 radical (unpaired) electrons. The van der Waals surface area contributed by atoms with Crippen LogP contribution in [0.5, 0.6) is 0 Å². The molecule has 2 aromatic rings. The Bertz CT molecular complexity index is 730. The van der Waals surface area contributed by atoms with Crippen molar-refractivity contribution in [2.45, 2.75) is 51.4 Å². The molecule has 2 aliphatic rings. The van der Waals surface area contributed by atoms with E-state index in [1.54, 1.807) is 0 Å². The van der Waals surface area contributed by atoms with Gasteiger partial charge in [0.1, 0.15) is 0 Å². The van der Waals surface area contributed by atoms with E-state index in [2.05, 4.69) is 11.0 Å². The summed E-state index contributed by atoms with van der Waals surface area (Å²) in [6.45, 7) is 1.81. The predicted octanol–water partition coefficient (Wildman–Crippen LogP) is 4.13. The number of aromatic nitrogens is 1. The van der Waals surface area contributed by atoms with Gasteiger partial charge >= 0.3 is 0 Å². The van der Waals surface area contributed by atoms with Crippen molar-refractivity contribution >= 4 is 16.8 Å². The van der Waals surface area contributed by atoms with Crippen LogP contribution in [-0.4, -0.2) is 28.9 Å². The Morgan fingerprint density at radius 3 is 2.48 bits per heavy atom. The van der Waals surface area contributed by atoms with Crippen molar-refractivity contribution in [1.82, 2.24) is 9.88 Å². The molecule has 3 heteroatoms. The fraction of sp³-hybridized carbons (Fsp3) is 0.500. The van der Waals surface area contributed by atoms with Crippen molar-refractivity contribution in [2.24, 2.45) is 0 Å². The second kappa shape index (κ2) is 6.31. The summed E-state index contributed by atoms with van der Waals surface area (Å²) in [6, 6.07) is 8.15. The minimum absolute atomic E-state index is 0.239.